The third-order valence-electron chi connectivity index (χ3n) is 16.4. The Balaban J connectivity index is 1.06. The van der Waals surface area contributed by atoms with E-state index in [0.29, 0.717) is 74.9 Å². The van der Waals surface area contributed by atoms with Crippen LogP contribution in [0.1, 0.15) is 177 Å². The summed E-state index contributed by atoms with van der Waals surface area (Å²) in [6.07, 6.45) is 9.05. The number of hydrogen-bond acceptors (Lipinski definition) is 10. The predicted molar refractivity (Wildman–Crippen MR) is 324 cm³/mol. The van der Waals surface area contributed by atoms with Crippen molar-refractivity contribution >= 4 is 25.2 Å². The number of rotatable bonds is 33. The Labute approximate surface area is 478 Å². The molecule has 6 aromatic rings. The smallest absolute Gasteiger partial charge is 0.345 e. The average Bonchev–Trinajstić information content (AvgIpc) is 4.11. The third kappa shape index (κ3) is 18.5. The first-order valence-corrected chi connectivity index (χ1v) is 30.2. The lowest BCUT2D eigenvalue weighted by Gasteiger charge is -2.32. The first-order chi connectivity index (χ1) is 37.6. The minimum atomic E-state index is -4.36. The first kappa shape index (κ1) is 63.7. The highest BCUT2D eigenvalue weighted by Crippen LogP contribution is 2.51. The van der Waals surface area contributed by atoms with E-state index in [1.165, 1.54) is 50.1 Å². The van der Waals surface area contributed by atoms with Gasteiger partial charge in [-0.25, -0.2) is 4.57 Å². The summed E-state index contributed by atoms with van der Waals surface area (Å²) in [7, 11) is 1.34. The van der Waals surface area contributed by atoms with Gasteiger partial charge in [0, 0.05) is 74.1 Å². The average molecular weight is 1110 g/mol. The number of nitrogens with zero attached hydrogens (tertiary/aromatic N) is 3. The number of aromatic nitrogens is 3. The highest BCUT2D eigenvalue weighted by molar-refractivity contribution is 7.48. The lowest BCUT2D eigenvalue weighted by molar-refractivity contribution is 0.0667. The monoisotopic (exact) mass is 1110 g/mol. The fourth-order valence-electron chi connectivity index (χ4n) is 10.1. The summed E-state index contributed by atoms with van der Waals surface area (Å²) in [5.41, 5.74) is 33.7. The Morgan fingerprint density at radius 1 is 0.412 bits per heavy atom. The molecule has 0 amide bonds. The lowest BCUT2D eigenvalue weighted by atomic mass is 9.97. The molecule has 0 fully saturated rings. The zero-order chi connectivity index (χ0) is 58.6. The van der Waals surface area contributed by atoms with Crippen molar-refractivity contribution in [3.05, 3.63) is 175 Å². The zero-order valence-corrected chi connectivity index (χ0v) is 51.2. The minimum Gasteiger partial charge on any atom is -0.345 e. The molecule has 0 radical (unpaired) electrons. The van der Waals surface area contributed by atoms with Crippen LogP contribution in [-0.2, 0) is 77.8 Å². The van der Waals surface area contributed by atoms with Crippen LogP contribution in [0.2, 0.25) is 0 Å². The summed E-state index contributed by atoms with van der Waals surface area (Å²) in [5, 5.41) is 0. The second-order valence-electron chi connectivity index (χ2n) is 24.1. The van der Waals surface area contributed by atoms with E-state index in [1.54, 1.807) is 0 Å². The van der Waals surface area contributed by atoms with Crippen molar-refractivity contribution in [3.8, 4) is 0 Å². The second kappa shape index (κ2) is 28.0. The van der Waals surface area contributed by atoms with Gasteiger partial charge in [-0.2, -0.15) is 0 Å². The standard InChI is InChI=1S/C66H93N6O7P/c1-46-22-25-52(40-49(46)4)16-13-19-61(73)58-31-28-55(70(58)10)34-37-64(7,67)43-77-80(76,78-44-65(8,68)38-35-56-29-32-59(71(56)11)62(74)20-14-17-53-26-23-47(2)50(5)41-53)79-45-66(9,69)39-36-57-30-33-60(72(57)12)63(75)21-15-18-54-27-24-48(3)51(6)42-54/h22-33,40-42H,13-21,34-39,43-45,67-69H2,1-12H3. The van der Waals surface area contributed by atoms with Gasteiger partial charge in [0.05, 0.1) is 36.9 Å². The van der Waals surface area contributed by atoms with Crippen molar-refractivity contribution in [3.63, 3.8) is 0 Å². The molecule has 0 aliphatic heterocycles. The van der Waals surface area contributed by atoms with Gasteiger partial charge in [0.25, 0.3) is 0 Å². The molecule has 0 aliphatic carbocycles. The Hall–Kier alpha value is -5.50. The second-order valence-corrected chi connectivity index (χ2v) is 25.8. The summed E-state index contributed by atoms with van der Waals surface area (Å²) < 4.78 is 39.1. The Morgan fingerprint density at radius 2 is 0.675 bits per heavy atom. The quantitative estimate of drug-likeness (QED) is 0.0264. The van der Waals surface area contributed by atoms with Gasteiger partial charge in [-0.05, 0) is 226 Å². The summed E-state index contributed by atoms with van der Waals surface area (Å²) in [5.74, 6) is 0.272. The molecule has 80 heavy (non-hydrogen) atoms. The van der Waals surface area contributed by atoms with E-state index in [9.17, 15) is 18.9 Å². The van der Waals surface area contributed by atoms with Crippen LogP contribution in [0.5, 0.6) is 0 Å². The zero-order valence-electron chi connectivity index (χ0n) is 50.3. The largest absolute Gasteiger partial charge is 0.474 e. The van der Waals surface area contributed by atoms with Gasteiger partial charge in [-0.1, -0.05) is 54.6 Å². The highest BCUT2D eigenvalue weighted by Gasteiger charge is 2.36. The molecule has 3 aromatic carbocycles. The van der Waals surface area contributed by atoms with Gasteiger partial charge in [0.15, 0.2) is 17.3 Å². The Kier molecular flexibility index (Phi) is 22.3. The van der Waals surface area contributed by atoms with Crippen LogP contribution in [0.15, 0.2) is 91.0 Å². The molecule has 0 saturated carbocycles. The summed E-state index contributed by atoms with van der Waals surface area (Å²) in [6.45, 7) is 17.6. The van der Waals surface area contributed by atoms with Crippen molar-refractivity contribution in [1.82, 2.24) is 13.7 Å². The number of benzene rings is 3. The number of hydrogen-bond donors (Lipinski definition) is 3. The van der Waals surface area contributed by atoms with E-state index in [2.05, 4.69) is 96.1 Å². The summed E-state index contributed by atoms with van der Waals surface area (Å²) >= 11 is 0. The van der Waals surface area contributed by atoms with Crippen LogP contribution in [0.25, 0.3) is 0 Å². The van der Waals surface area contributed by atoms with E-state index in [0.717, 1.165) is 55.6 Å². The minimum absolute atomic E-state index is 0.0907. The van der Waals surface area contributed by atoms with E-state index in [-0.39, 0.29) is 37.2 Å². The van der Waals surface area contributed by atoms with Gasteiger partial charge >= 0.3 is 7.82 Å². The third-order valence-corrected chi connectivity index (χ3v) is 17.7. The molecular formula is C66H93N6O7P. The summed E-state index contributed by atoms with van der Waals surface area (Å²) in [6, 6.07) is 30.9. The predicted octanol–water partition coefficient (Wildman–Crippen LogP) is 12.7. The van der Waals surface area contributed by atoms with Gasteiger partial charge in [-0.15, -0.1) is 0 Å². The lowest BCUT2D eigenvalue weighted by Crippen LogP contribution is -2.44. The van der Waals surface area contributed by atoms with Crippen LogP contribution >= 0.6 is 7.82 Å². The van der Waals surface area contributed by atoms with E-state index in [4.69, 9.17) is 30.8 Å². The number of phosphoric ester groups is 1. The van der Waals surface area contributed by atoms with E-state index in [1.807, 2.05) is 92.0 Å². The van der Waals surface area contributed by atoms with Gasteiger partial charge in [0.2, 0.25) is 0 Å². The number of ketones is 3. The maximum Gasteiger partial charge on any atom is 0.474 e. The number of carbonyl (C=O) groups excluding carboxylic acids is 3. The molecule has 6 rings (SSSR count). The van der Waals surface area contributed by atoms with Crippen LogP contribution in [0, 0.1) is 41.5 Å². The molecular weight excluding hydrogens is 1020 g/mol. The molecule has 0 bridgehead atoms. The number of Topliss-reactive ketones (excluding diaryl/α,β-unsaturated/α-hetero) is 3. The molecule has 14 heteroatoms. The molecule has 3 unspecified atom stereocenters. The Bertz CT molecular complexity index is 2810. The van der Waals surface area contributed by atoms with Gasteiger partial charge in [0.1, 0.15) is 0 Å². The van der Waals surface area contributed by atoms with E-state index < -0.39 is 24.4 Å². The number of aryl methyl sites for hydroxylation is 12. The maximum atomic E-state index is 14.8. The van der Waals surface area contributed by atoms with Crippen LogP contribution in [0.3, 0.4) is 0 Å². The maximum absolute atomic E-state index is 14.8. The van der Waals surface area contributed by atoms with Gasteiger partial charge in [-0.3, -0.25) is 28.0 Å². The van der Waals surface area contributed by atoms with Crippen LogP contribution in [-0.4, -0.2) is 67.5 Å². The van der Waals surface area contributed by atoms with Crippen molar-refractivity contribution < 1.29 is 32.5 Å². The molecule has 3 atom stereocenters. The number of carbonyl (C=O) groups is 3. The Morgan fingerprint density at radius 3 is 0.925 bits per heavy atom. The van der Waals surface area contributed by atoms with Crippen LogP contribution < -0.4 is 17.2 Å². The van der Waals surface area contributed by atoms with Crippen molar-refractivity contribution in [2.45, 2.75) is 175 Å². The number of phosphoric acid groups is 1. The topological polar surface area (TPSA) is 189 Å². The molecule has 0 aliphatic rings. The number of nitrogens with two attached hydrogens (primary N) is 3. The normalized spacial score (nSPS) is 14.8. The van der Waals surface area contributed by atoms with Crippen molar-refractivity contribution in [1.29, 1.82) is 0 Å². The van der Waals surface area contributed by atoms with Crippen LogP contribution in [0.4, 0.5) is 0 Å². The van der Waals surface area contributed by atoms with Crippen molar-refractivity contribution in [2.75, 3.05) is 19.8 Å². The molecule has 3 aromatic heterocycles. The first-order valence-electron chi connectivity index (χ1n) is 28.8. The SMILES string of the molecule is Cc1ccc(CCCC(=O)c2ccc(CCC(C)(N)COP(=O)(OCC(C)(N)CCc3ccc(C(=O)CCCc4ccc(C)c(C)c4)n3C)OCC(C)(N)CCc3ccc(C(=O)CCCc4ccc(C)c(C)c4)n3C)n2C)cc1C. The molecule has 6 N–H and O–H groups in total. The molecule has 13 nitrogen and oxygen atoms in total. The fraction of sp³-hybridized carbons (Fsp3) is 0.500. The van der Waals surface area contributed by atoms with Gasteiger partial charge < -0.3 is 30.9 Å². The van der Waals surface area contributed by atoms with E-state index >= 15 is 0 Å². The molecule has 3 heterocycles. The molecule has 0 spiro atoms. The summed E-state index contributed by atoms with van der Waals surface area (Å²) in [4.78, 5) is 40.1. The van der Waals surface area contributed by atoms with Crippen molar-refractivity contribution in [2.24, 2.45) is 38.3 Å². The molecule has 434 valence electrons. The molecule has 0 saturated heterocycles. The fourth-order valence-corrected chi connectivity index (χ4v) is 11.7. The highest BCUT2D eigenvalue weighted by atomic mass is 31.2.